The van der Waals surface area contributed by atoms with Crippen molar-refractivity contribution in [1.29, 1.82) is 0 Å². The highest BCUT2D eigenvalue weighted by Crippen LogP contribution is 2.37. The van der Waals surface area contributed by atoms with Gasteiger partial charge in [0.2, 0.25) is 0 Å². The lowest BCUT2D eigenvalue weighted by Crippen LogP contribution is -2.50. The summed E-state index contributed by atoms with van der Waals surface area (Å²) in [5, 5.41) is 14.9. The van der Waals surface area contributed by atoms with Gasteiger partial charge in [0.25, 0.3) is 12.4 Å². The first-order chi connectivity index (χ1) is 12.2. The van der Waals surface area contributed by atoms with E-state index in [1.807, 2.05) is 6.07 Å². The van der Waals surface area contributed by atoms with Gasteiger partial charge in [-0.05, 0) is 38.2 Å². The fourth-order valence-corrected chi connectivity index (χ4v) is 4.79. The largest absolute Gasteiger partial charge is 0.483 e. The van der Waals surface area contributed by atoms with Crippen molar-refractivity contribution in [3.63, 3.8) is 0 Å². The zero-order valence-electron chi connectivity index (χ0n) is 14.1. The molecule has 3 heterocycles. The van der Waals surface area contributed by atoms with Crippen LogP contribution in [0.15, 0.2) is 24.3 Å². The third-order valence-electron chi connectivity index (χ3n) is 5.82. The summed E-state index contributed by atoms with van der Waals surface area (Å²) >= 11 is 0. The van der Waals surface area contributed by atoms with Crippen molar-refractivity contribution in [1.82, 2.24) is 15.2 Å². The fourth-order valence-electron chi connectivity index (χ4n) is 4.79. The van der Waals surface area contributed by atoms with E-state index in [0.717, 1.165) is 49.7 Å². The molecule has 6 heteroatoms. The summed E-state index contributed by atoms with van der Waals surface area (Å²) in [4.78, 5) is 21.4. The van der Waals surface area contributed by atoms with Gasteiger partial charge in [-0.25, -0.2) is 0 Å². The van der Waals surface area contributed by atoms with Crippen LogP contribution in [0.4, 0.5) is 0 Å². The van der Waals surface area contributed by atoms with Crippen LogP contribution in [-0.2, 0) is 17.8 Å². The fraction of sp³-hybridized carbons (Fsp3) is 0.474. The smallest absolute Gasteiger partial charge is 0.290 e. The van der Waals surface area contributed by atoms with Gasteiger partial charge in [0.05, 0.1) is 11.1 Å². The second-order valence-corrected chi connectivity index (χ2v) is 7.25. The molecule has 1 saturated carbocycles. The number of piperidine rings is 1. The van der Waals surface area contributed by atoms with Crippen molar-refractivity contribution >= 4 is 23.3 Å². The normalized spacial score (nSPS) is 26.2. The Hall–Kier alpha value is -2.34. The molecule has 5 rings (SSSR count). The molecule has 1 aliphatic carbocycles. The Kier molecular flexibility index (Phi) is 4.00. The number of amides is 1. The van der Waals surface area contributed by atoms with Gasteiger partial charge in [-0.15, -0.1) is 0 Å². The van der Waals surface area contributed by atoms with E-state index in [0.29, 0.717) is 6.04 Å². The van der Waals surface area contributed by atoms with Crippen LogP contribution in [-0.4, -0.2) is 40.2 Å². The van der Waals surface area contributed by atoms with E-state index < -0.39 is 0 Å². The number of carboxylic acid groups (broad SMARTS) is 1. The first kappa shape index (κ1) is 16.1. The van der Waals surface area contributed by atoms with Crippen molar-refractivity contribution in [2.24, 2.45) is 0 Å². The molecule has 25 heavy (non-hydrogen) atoms. The maximum atomic E-state index is 13.1. The van der Waals surface area contributed by atoms with Gasteiger partial charge in [-0.2, -0.15) is 0 Å². The summed E-state index contributed by atoms with van der Waals surface area (Å²) in [6, 6.07) is 8.95. The van der Waals surface area contributed by atoms with Crippen LogP contribution in [0.2, 0.25) is 0 Å². The van der Waals surface area contributed by atoms with Gasteiger partial charge >= 0.3 is 0 Å². The molecule has 2 atom stereocenters. The first-order valence-corrected chi connectivity index (χ1v) is 8.91. The van der Waals surface area contributed by atoms with Gasteiger partial charge in [-0.3, -0.25) is 9.59 Å². The van der Waals surface area contributed by atoms with Crippen LogP contribution < -0.4 is 10.6 Å². The Morgan fingerprint density at radius 1 is 1.40 bits per heavy atom. The number of rotatable bonds is 2. The van der Waals surface area contributed by atoms with Crippen LogP contribution in [0.3, 0.4) is 0 Å². The average Bonchev–Trinajstić information content (AvgIpc) is 3.35. The molecule has 2 bridgehead atoms. The highest BCUT2D eigenvalue weighted by Gasteiger charge is 2.46. The van der Waals surface area contributed by atoms with E-state index in [4.69, 9.17) is 9.90 Å². The van der Waals surface area contributed by atoms with Crippen molar-refractivity contribution < 1.29 is 14.7 Å². The lowest BCUT2D eigenvalue weighted by atomic mass is 9.97. The van der Waals surface area contributed by atoms with Crippen LogP contribution in [0.25, 0.3) is 10.9 Å². The topological polar surface area (TPSA) is 83.4 Å². The molecule has 0 spiro atoms. The molecule has 1 aromatic heterocycles. The Morgan fingerprint density at radius 2 is 2.20 bits per heavy atom. The molecule has 3 aliphatic rings. The summed E-state index contributed by atoms with van der Waals surface area (Å²) < 4.78 is 2.34. The molecule has 3 N–H and O–H groups in total. The summed E-state index contributed by atoms with van der Waals surface area (Å²) in [6.45, 7) is 1.72. The lowest BCUT2D eigenvalue weighted by molar-refractivity contribution is -0.122. The molecule has 0 radical (unpaired) electrons. The minimum atomic E-state index is -0.250. The number of nitrogens with one attached hydrogen (secondary N) is 2. The predicted octanol–water partition coefficient (Wildman–Crippen LogP) is 1.91. The summed E-state index contributed by atoms with van der Waals surface area (Å²) in [5.74, 6) is 0.135. The lowest BCUT2D eigenvalue weighted by Gasteiger charge is -2.28. The molecule has 1 aromatic carbocycles. The number of carbonyl (C=O) groups is 2. The third kappa shape index (κ3) is 2.61. The number of nitrogens with zero attached hydrogens (tertiary/aromatic N) is 1. The standard InChI is InChI=1S/C18H21N3O.CH2O2/c22-17(20-18-8-7-12(10-18)19-11-18)16-13-4-1-2-5-14(13)21-9-3-6-15(16)21;2-1-3/h1-2,4-5,12,19H,3,6-11H2,(H,20,22);1H,(H,2,3). The van der Waals surface area contributed by atoms with Crippen molar-refractivity contribution in [2.75, 3.05) is 6.54 Å². The molecule has 2 aromatic rings. The molecule has 2 unspecified atom stereocenters. The van der Waals surface area contributed by atoms with E-state index >= 15 is 0 Å². The molecule has 132 valence electrons. The number of aromatic nitrogens is 1. The predicted molar refractivity (Wildman–Crippen MR) is 94.8 cm³/mol. The maximum Gasteiger partial charge on any atom is 0.290 e. The summed E-state index contributed by atoms with van der Waals surface area (Å²) in [5.41, 5.74) is 3.37. The molecule has 2 aliphatic heterocycles. The monoisotopic (exact) mass is 341 g/mol. The number of benzene rings is 1. The van der Waals surface area contributed by atoms with Crippen LogP contribution in [0.5, 0.6) is 0 Å². The highest BCUT2D eigenvalue weighted by atomic mass is 16.3. The number of para-hydroxylation sites is 1. The molecule has 6 nitrogen and oxygen atoms in total. The van der Waals surface area contributed by atoms with E-state index in [2.05, 4.69) is 33.4 Å². The van der Waals surface area contributed by atoms with Gasteiger partial charge in [0.15, 0.2) is 0 Å². The zero-order chi connectivity index (χ0) is 17.4. The first-order valence-electron chi connectivity index (χ1n) is 8.91. The van der Waals surface area contributed by atoms with Gasteiger partial charge in [0.1, 0.15) is 0 Å². The summed E-state index contributed by atoms with van der Waals surface area (Å²) in [7, 11) is 0. The molecule has 1 amide bonds. The molecular formula is C19H23N3O3. The quantitative estimate of drug-likeness (QED) is 0.729. The zero-order valence-corrected chi connectivity index (χ0v) is 14.1. The van der Waals surface area contributed by atoms with Crippen LogP contribution >= 0.6 is 0 Å². The number of carbonyl (C=O) groups excluding carboxylic acids is 1. The van der Waals surface area contributed by atoms with Crippen LogP contribution in [0.1, 0.15) is 41.7 Å². The number of hydrogen-bond donors (Lipinski definition) is 3. The third-order valence-corrected chi connectivity index (χ3v) is 5.82. The second-order valence-electron chi connectivity index (χ2n) is 7.25. The van der Waals surface area contributed by atoms with Crippen molar-refractivity contribution in [3.05, 3.63) is 35.5 Å². The van der Waals surface area contributed by atoms with E-state index in [9.17, 15) is 4.79 Å². The Balaban J connectivity index is 0.000000490. The molecule has 1 saturated heterocycles. The van der Waals surface area contributed by atoms with E-state index in [1.54, 1.807) is 0 Å². The van der Waals surface area contributed by atoms with Crippen molar-refractivity contribution in [2.45, 2.75) is 50.2 Å². The Morgan fingerprint density at radius 3 is 2.88 bits per heavy atom. The molecular weight excluding hydrogens is 318 g/mol. The Labute approximate surface area is 146 Å². The average molecular weight is 341 g/mol. The van der Waals surface area contributed by atoms with Crippen molar-refractivity contribution in [3.8, 4) is 0 Å². The minimum absolute atomic E-state index is 0.00369. The van der Waals surface area contributed by atoms with Crippen LogP contribution in [0, 0.1) is 0 Å². The second kappa shape index (κ2) is 6.19. The molecule has 2 fully saturated rings. The Bertz CT molecular complexity index is 819. The summed E-state index contributed by atoms with van der Waals surface area (Å²) in [6.07, 6.45) is 5.56. The highest BCUT2D eigenvalue weighted by molar-refractivity contribution is 6.09. The van der Waals surface area contributed by atoms with Gasteiger partial charge in [-0.1, -0.05) is 18.2 Å². The number of aryl methyl sites for hydroxylation is 1. The number of fused-ring (bicyclic) bond motifs is 5. The SMILES string of the molecule is O=C(NC12CCC(C1)NC2)c1c2n(c3ccccc13)CCC2.O=CO. The van der Waals surface area contributed by atoms with E-state index in [1.165, 1.54) is 17.6 Å². The van der Waals surface area contributed by atoms with Gasteiger partial charge in [0, 0.05) is 35.7 Å². The maximum absolute atomic E-state index is 13.1. The van der Waals surface area contributed by atoms with Gasteiger partial charge < -0.3 is 20.3 Å². The number of hydrogen-bond acceptors (Lipinski definition) is 3. The minimum Gasteiger partial charge on any atom is -0.483 e. The van der Waals surface area contributed by atoms with E-state index in [-0.39, 0.29) is 17.9 Å².